The summed E-state index contributed by atoms with van der Waals surface area (Å²) in [7, 11) is 0. The Labute approximate surface area is 108 Å². The molecule has 4 nitrogen and oxygen atoms in total. The van der Waals surface area contributed by atoms with Gasteiger partial charge in [-0.15, -0.1) is 0 Å². The number of hydrogen-bond acceptors (Lipinski definition) is 3. The quantitative estimate of drug-likeness (QED) is 0.761. The van der Waals surface area contributed by atoms with Crippen LogP contribution in [-0.4, -0.2) is 18.2 Å². The first-order chi connectivity index (χ1) is 8.61. The van der Waals surface area contributed by atoms with Gasteiger partial charge in [-0.05, 0) is 24.1 Å². The number of carbonyl (C=O) groups is 2. The van der Waals surface area contributed by atoms with Gasteiger partial charge in [0.15, 0.2) is 0 Å². The second kappa shape index (κ2) is 7.61. The van der Waals surface area contributed by atoms with Crippen molar-refractivity contribution in [3.05, 3.63) is 35.4 Å². The van der Waals surface area contributed by atoms with Gasteiger partial charge in [0.05, 0.1) is 0 Å². The molecule has 0 atom stereocenters. The summed E-state index contributed by atoms with van der Waals surface area (Å²) in [5.41, 5.74) is 7.40. The molecule has 0 aromatic heterocycles. The van der Waals surface area contributed by atoms with Gasteiger partial charge < -0.3 is 11.1 Å². The Kier molecular flexibility index (Phi) is 6.08. The van der Waals surface area contributed by atoms with Crippen LogP contribution in [0.4, 0.5) is 0 Å². The van der Waals surface area contributed by atoms with Crippen LogP contribution in [0, 0.1) is 0 Å². The van der Waals surface area contributed by atoms with Crippen LogP contribution < -0.4 is 11.1 Å². The van der Waals surface area contributed by atoms with Crippen LogP contribution >= 0.6 is 0 Å². The monoisotopic (exact) mass is 248 g/mol. The smallest absolute Gasteiger partial charge is 0.217 e. The molecule has 3 N–H and O–H groups in total. The molecule has 0 aliphatic carbocycles. The van der Waals surface area contributed by atoms with Crippen LogP contribution in [0.2, 0.25) is 0 Å². The molecule has 0 bridgehead atoms. The molecule has 0 aliphatic rings. The molecule has 0 heterocycles. The van der Waals surface area contributed by atoms with Crippen molar-refractivity contribution in [2.24, 2.45) is 5.73 Å². The van der Waals surface area contributed by atoms with E-state index in [0.29, 0.717) is 25.9 Å². The average molecular weight is 248 g/mol. The van der Waals surface area contributed by atoms with E-state index < -0.39 is 0 Å². The Bertz CT molecular complexity index is 399. The van der Waals surface area contributed by atoms with E-state index in [4.69, 9.17) is 5.73 Å². The van der Waals surface area contributed by atoms with Crippen LogP contribution in [0.15, 0.2) is 24.3 Å². The lowest BCUT2D eigenvalue weighted by Crippen LogP contribution is -2.18. The number of benzene rings is 1. The summed E-state index contributed by atoms with van der Waals surface area (Å²) < 4.78 is 0. The van der Waals surface area contributed by atoms with Crippen molar-refractivity contribution in [1.29, 1.82) is 0 Å². The molecule has 1 aromatic carbocycles. The van der Waals surface area contributed by atoms with Gasteiger partial charge in [0, 0.05) is 26.3 Å². The number of nitrogens with two attached hydrogens (primary N) is 1. The minimum atomic E-state index is -0.0453. The molecule has 0 unspecified atom stereocenters. The zero-order valence-electron chi connectivity index (χ0n) is 10.7. The molecule has 0 saturated carbocycles. The second-order valence-electron chi connectivity index (χ2n) is 4.33. The van der Waals surface area contributed by atoms with E-state index in [2.05, 4.69) is 5.32 Å². The topological polar surface area (TPSA) is 72.2 Å². The molecule has 0 spiro atoms. The third-order valence-corrected chi connectivity index (χ3v) is 2.63. The number of ketones is 1. The normalized spacial score (nSPS) is 10.1. The molecular formula is C14H20N2O2. The fourth-order valence-corrected chi connectivity index (χ4v) is 1.62. The fraction of sp³-hybridized carbons (Fsp3) is 0.429. The Balaban J connectivity index is 2.44. The van der Waals surface area contributed by atoms with E-state index in [1.807, 2.05) is 24.3 Å². The lowest BCUT2D eigenvalue weighted by atomic mass is 10.0. The largest absolute Gasteiger partial charge is 0.352 e. The summed E-state index contributed by atoms with van der Waals surface area (Å²) >= 11 is 0. The molecule has 1 aromatic rings. The highest BCUT2D eigenvalue weighted by Crippen LogP contribution is 2.07. The predicted octanol–water partition coefficient (Wildman–Crippen LogP) is 1.17. The maximum absolute atomic E-state index is 11.6. The molecule has 0 saturated heterocycles. The molecule has 98 valence electrons. The molecule has 0 aliphatic heterocycles. The van der Waals surface area contributed by atoms with Crippen LogP contribution in [0.1, 0.15) is 30.9 Å². The first kappa shape index (κ1) is 14.4. The summed E-state index contributed by atoms with van der Waals surface area (Å²) in [6, 6.07) is 7.72. The summed E-state index contributed by atoms with van der Waals surface area (Å²) in [4.78, 5) is 22.3. The average Bonchev–Trinajstić information content (AvgIpc) is 2.35. The summed E-state index contributed by atoms with van der Waals surface area (Å²) in [6.07, 6.45) is 1.75. The number of hydrogen-bond donors (Lipinski definition) is 2. The molecule has 1 rings (SSSR count). The van der Waals surface area contributed by atoms with Gasteiger partial charge in [-0.3, -0.25) is 9.59 Å². The Morgan fingerprint density at radius 2 is 1.78 bits per heavy atom. The molecule has 1 amide bonds. The van der Waals surface area contributed by atoms with Crippen LogP contribution in [0.25, 0.3) is 0 Å². The fourth-order valence-electron chi connectivity index (χ4n) is 1.62. The predicted molar refractivity (Wildman–Crippen MR) is 71.0 cm³/mol. The highest BCUT2D eigenvalue weighted by Gasteiger charge is 2.03. The third-order valence-electron chi connectivity index (χ3n) is 2.63. The van der Waals surface area contributed by atoms with Crippen LogP contribution in [0.3, 0.4) is 0 Å². The lowest BCUT2D eigenvalue weighted by Gasteiger charge is -2.04. The minimum Gasteiger partial charge on any atom is -0.352 e. The van der Waals surface area contributed by atoms with E-state index in [1.54, 1.807) is 0 Å². The van der Waals surface area contributed by atoms with Crippen LogP contribution in [-0.2, 0) is 22.6 Å². The maximum Gasteiger partial charge on any atom is 0.217 e. The molecule has 0 fully saturated rings. The Morgan fingerprint density at radius 1 is 1.17 bits per heavy atom. The number of rotatable bonds is 7. The number of Topliss-reactive ketones (excluding diaryl/α,β-unsaturated/α-hetero) is 1. The minimum absolute atomic E-state index is 0.0453. The summed E-state index contributed by atoms with van der Waals surface area (Å²) in [5.74, 6) is 0.172. The van der Waals surface area contributed by atoms with E-state index in [0.717, 1.165) is 17.5 Å². The second-order valence-corrected chi connectivity index (χ2v) is 4.33. The molecule has 4 heteroatoms. The van der Waals surface area contributed by atoms with Crippen molar-refractivity contribution in [2.45, 2.75) is 32.7 Å². The molecule has 18 heavy (non-hydrogen) atoms. The van der Waals surface area contributed by atoms with Crippen molar-refractivity contribution in [3.63, 3.8) is 0 Å². The van der Waals surface area contributed by atoms with E-state index in [-0.39, 0.29) is 11.7 Å². The van der Waals surface area contributed by atoms with E-state index in [1.165, 1.54) is 6.92 Å². The third kappa shape index (κ3) is 5.59. The number of nitrogens with one attached hydrogen (secondary N) is 1. The zero-order valence-corrected chi connectivity index (χ0v) is 10.7. The van der Waals surface area contributed by atoms with Crippen LogP contribution in [0.5, 0.6) is 0 Å². The highest BCUT2D eigenvalue weighted by molar-refractivity contribution is 5.80. The van der Waals surface area contributed by atoms with Crippen molar-refractivity contribution in [3.8, 4) is 0 Å². The van der Waals surface area contributed by atoms with Gasteiger partial charge >= 0.3 is 0 Å². The van der Waals surface area contributed by atoms with Gasteiger partial charge in [0.1, 0.15) is 5.78 Å². The lowest BCUT2D eigenvalue weighted by molar-refractivity contribution is -0.119. The standard InChI is InChI=1S/C14H20N2O2/c1-11(17)16-10-13-6-4-12(5-7-13)9-14(18)3-2-8-15/h4-7H,2-3,8-10,15H2,1H3,(H,16,17). The maximum atomic E-state index is 11.6. The highest BCUT2D eigenvalue weighted by atomic mass is 16.1. The molecular weight excluding hydrogens is 228 g/mol. The van der Waals surface area contributed by atoms with Gasteiger partial charge in [0.2, 0.25) is 5.91 Å². The van der Waals surface area contributed by atoms with E-state index in [9.17, 15) is 9.59 Å². The van der Waals surface area contributed by atoms with Crippen molar-refractivity contribution < 1.29 is 9.59 Å². The Hall–Kier alpha value is -1.68. The van der Waals surface area contributed by atoms with Gasteiger partial charge in [-0.25, -0.2) is 0 Å². The molecule has 0 radical (unpaired) electrons. The van der Waals surface area contributed by atoms with Crippen molar-refractivity contribution in [2.75, 3.05) is 6.54 Å². The van der Waals surface area contributed by atoms with Crippen molar-refractivity contribution in [1.82, 2.24) is 5.32 Å². The number of amides is 1. The first-order valence-corrected chi connectivity index (χ1v) is 6.16. The van der Waals surface area contributed by atoms with Crippen molar-refractivity contribution >= 4 is 11.7 Å². The summed E-state index contributed by atoms with van der Waals surface area (Å²) in [6.45, 7) is 2.57. The zero-order chi connectivity index (χ0) is 13.4. The van der Waals surface area contributed by atoms with Gasteiger partial charge in [0.25, 0.3) is 0 Å². The SMILES string of the molecule is CC(=O)NCc1ccc(CC(=O)CCCN)cc1. The van der Waals surface area contributed by atoms with Gasteiger partial charge in [-0.1, -0.05) is 24.3 Å². The first-order valence-electron chi connectivity index (χ1n) is 6.16. The summed E-state index contributed by atoms with van der Waals surface area (Å²) in [5, 5.41) is 2.73. The Morgan fingerprint density at radius 3 is 2.33 bits per heavy atom. The number of carbonyl (C=O) groups excluding carboxylic acids is 2. The van der Waals surface area contributed by atoms with E-state index >= 15 is 0 Å². The van der Waals surface area contributed by atoms with Gasteiger partial charge in [-0.2, -0.15) is 0 Å².